The maximum atomic E-state index is 12.8. The molecule has 144 valence electrons. The molecule has 0 saturated heterocycles. The first-order chi connectivity index (χ1) is 12.1. The van der Waals surface area contributed by atoms with Crippen LogP contribution in [-0.4, -0.2) is 44.3 Å². The lowest BCUT2D eigenvalue weighted by Gasteiger charge is -2.29. The smallest absolute Gasteiger partial charge is 0.317 e. The maximum absolute atomic E-state index is 12.8. The fourth-order valence-electron chi connectivity index (χ4n) is 2.18. The Balaban J connectivity index is 5.29. The third kappa shape index (κ3) is 9.00. The predicted octanol–water partition coefficient (Wildman–Crippen LogP) is 4.05. The van der Waals surface area contributed by atoms with Crippen molar-refractivity contribution in [2.24, 2.45) is 5.92 Å². The number of carbonyl (C=O) groups excluding carboxylic acids is 1. The molecule has 0 rings (SSSR count). The summed E-state index contributed by atoms with van der Waals surface area (Å²) >= 11 is 0. The van der Waals surface area contributed by atoms with Crippen LogP contribution in [0.4, 0.5) is 0 Å². The van der Waals surface area contributed by atoms with Crippen molar-refractivity contribution in [2.75, 3.05) is 19.8 Å². The lowest BCUT2D eigenvalue weighted by atomic mass is 9.95. The first-order valence-corrected chi connectivity index (χ1v) is 9.02. The van der Waals surface area contributed by atoms with Crippen molar-refractivity contribution in [3.05, 3.63) is 38.0 Å². The van der Waals surface area contributed by atoms with Gasteiger partial charge >= 0.3 is 5.97 Å². The van der Waals surface area contributed by atoms with Gasteiger partial charge in [0, 0.05) is 13.2 Å². The van der Waals surface area contributed by atoms with Gasteiger partial charge in [0.05, 0.1) is 18.8 Å². The molecule has 5 nitrogen and oxygen atoms in total. The Morgan fingerprint density at radius 3 is 1.60 bits per heavy atom. The molecular weight excluding hydrogens is 320 g/mol. The molecule has 5 heteroatoms. The van der Waals surface area contributed by atoms with Gasteiger partial charge < -0.3 is 18.9 Å². The molecule has 0 aromatic rings. The first kappa shape index (κ1) is 23.6. The molecule has 0 spiro atoms. The van der Waals surface area contributed by atoms with Gasteiger partial charge in [0.2, 0.25) is 6.29 Å². The van der Waals surface area contributed by atoms with Gasteiger partial charge in [0.15, 0.2) is 0 Å². The topological polar surface area (TPSA) is 54.0 Å². The Labute approximate surface area is 152 Å². The summed E-state index contributed by atoms with van der Waals surface area (Å²) < 4.78 is 22.4. The van der Waals surface area contributed by atoms with E-state index in [0.29, 0.717) is 19.8 Å². The number of ether oxygens (including phenoxy) is 4. The molecule has 0 aliphatic carbocycles. The van der Waals surface area contributed by atoms with E-state index < -0.39 is 30.4 Å². The van der Waals surface area contributed by atoms with Crippen molar-refractivity contribution < 1.29 is 23.7 Å². The Morgan fingerprint density at radius 2 is 1.24 bits per heavy atom. The zero-order valence-electron chi connectivity index (χ0n) is 15.9. The molecule has 0 bridgehead atoms. The normalized spacial score (nSPS) is 15.6. The SMILES string of the molecule is C=CC(OCCC)OC(=O)C(C(C=C)OCCC)C(C=C)OCCC. The molecular formula is C20H34O5. The number of esters is 1. The van der Waals surface area contributed by atoms with E-state index in [1.54, 1.807) is 12.2 Å². The van der Waals surface area contributed by atoms with Gasteiger partial charge in [0.25, 0.3) is 0 Å². The zero-order valence-corrected chi connectivity index (χ0v) is 15.9. The molecule has 0 aliphatic heterocycles. The standard InChI is InChI=1S/C20H34O5/c1-7-13-22-16(10-4)19(17(11-5)23-14-8-2)20(21)25-18(12-6)24-15-9-3/h10-12,16-19H,4-9,13-15H2,1-3H3. The molecule has 0 amide bonds. The Bertz CT molecular complexity index is 374. The van der Waals surface area contributed by atoms with Gasteiger partial charge in [-0.2, -0.15) is 0 Å². The van der Waals surface area contributed by atoms with E-state index in [0.717, 1.165) is 19.3 Å². The van der Waals surface area contributed by atoms with Crippen molar-refractivity contribution in [1.29, 1.82) is 0 Å². The largest absolute Gasteiger partial charge is 0.432 e. The van der Waals surface area contributed by atoms with Crippen LogP contribution in [0.3, 0.4) is 0 Å². The van der Waals surface area contributed by atoms with Crippen LogP contribution in [0, 0.1) is 5.92 Å². The van der Waals surface area contributed by atoms with Crippen LogP contribution in [0.25, 0.3) is 0 Å². The number of hydrogen-bond donors (Lipinski definition) is 0. The summed E-state index contributed by atoms with van der Waals surface area (Å²) in [4.78, 5) is 12.8. The monoisotopic (exact) mass is 354 g/mol. The number of hydrogen-bond acceptors (Lipinski definition) is 5. The van der Waals surface area contributed by atoms with Gasteiger partial charge in [-0.1, -0.05) is 39.5 Å². The van der Waals surface area contributed by atoms with Crippen LogP contribution < -0.4 is 0 Å². The van der Waals surface area contributed by atoms with E-state index in [4.69, 9.17) is 18.9 Å². The fraction of sp³-hybridized carbons (Fsp3) is 0.650. The minimum atomic E-state index is -0.803. The minimum Gasteiger partial charge on any atom is -0.432 e. The van der Waals surface area contributed by atoms with E-state index >= 15 is 0 Å². The average molecular weight is 354 g/mol. The maximum Gasteiger partial charge on any atom is 0.317 e. The van der Waals surface area contributed by atoms with Crippen LogP contribution in [0.2, 0.25) is 0 Å². The van der Waals surface area contributed by atoms with Crippen molar-refractivity contribution in [3.8, 4) is 0 Å². The summed E-state index contributed by atoms with van der Waals surface area (Å²) in [5.41, 5.74) is 0. The molecule has 0 aliphatic rings. The molecule has 25 heavy (non-hydrogen) atoms. The molecule has 0 aromatic heterocycles. The van der Waals surface area contributed by atoms with Crippen molar-refractivity contribution in [3.63, 3.8) is 0 Å². The summed E-state index contributed by atoms with van der Waals surface area (Å²) in [7, 11) is 0. The highest BCUT2D eigenvalue weighted by Gasteiger charge is 2.36. The van der Waals surface area contributed by atoms with Gasteiger partial charge in [-0.25, -0.2) is 0 Å². The first-order valence-electron chi connectivity index (χ1n) is 9.02. The summed E-state index contributed by atoms with van der Waals surface area (Å²) in [6.07, 6.45) is 5.25. The second kappa shape index (κ2) is 14.9. The van der Waals surface area contributed by atoms with Crippen molar-refractivity contribution in [2.45, 2.75) is 58.5 Å². The lowest BCUT2D eigenvalue weighted by Crippen LogP contribution is -2.42. The predicted molar refractivity (Wildman–Crippen MR) is 100 cm³/mol. The molecule has 0 aromatic carbocycles. The highest BCUT2D eigenvalue weighted by Crippen LogP contribution is 2.22. The molecule has 0 N–H and O–H groups in total. The van der Waals surface area contributed by atoms with Crippen LogP contribution in [-0.2, 0) is 23.7 Å². The summed E-state index contributed by atoms with van der Waals surface area (Å²) in [5.74, 6) is -1.19. The Kier molecular flexibility index (Phi) is 14.0. The molecule has 0 heterocycles. The van der Waals surface area contributed by atoms with Crippen LogP contribution in [0.15, 0.2) is 38.0 Å². The van der Waals surface area contributed by atoms with E-state index in [1.807, 2.05) is 20.8 Å². The molecule has 3 unspecified atom stereocenters. The van der Waals surface area contributed by atoms with Gasteiger partial charge in [-0.3, -0.25) is 4.79 Å². The van der Waals surface area contributed by atoms with Crippen molar-refractivity contribution in [1.82, 2.24) is 0 Å². The van der Waals surface area contributed by atoms with Gasteiger partial charge in [-0.05, 0) is 25.3 Å². The summed E-state index contributed by atoms with van der Waals surface area (Å²) in [5, 5.41) is 0. The number of rotatable bonds is 16. The van der Waals surface area contributed by atoms with Gasteiger partial charge in [-0.15, -0.1) is 13.2 Å². The van der Waals surface area contributed by atoms with E-state index in [1.165, 1.54) is 6.08 Å². The highest BCUT2D eigenvalue weighted by atomic mass is 16.7. The fourth-order valence-corrected chi connectivity index (χ4v) is 2.18. The van der Waals surface area contributed by atoms with Crippen molar-refractivity contribution >= 4 is 5.97 Å². The minimum absolute atomic E-state index is 0.475. The third-order valence-corrected chi connectivity index (χ3v) is 3.38. The lowest BCUT2D eigenvalue weighted by molar-refractivity contribution is -0.182. The van der Waals surface area contributed by atoms with Crippen LogP contribution >= 0.6 is 0 Å². The average Bonchev–Trinajstić information content (AvgIpc) is 2.63. The third-order valence-electron chi connectivity index (χ3n) is 3.38. The Morgan fingerprint density at radius 1 is 0.800 bits per heavy atom. The second-order valence-electron chi connectivity index (χ2n) is 5.58. The molecule has 0 radical (unpaired) electrons. The van der Waals surface area contributed by atoms with Crippen LogP contribution in [0.1, 0.15) is 40.0 Å². The zero-order chi connectivity index (χ0) is 19.1. The molecule has 0 saturated carbocycles. The van der Waals surface area contributed by atoms with E-state index in [-0.39, 0.29) is 0 Å². The highest BCUT2D eigenvalue weighted by molar-refractivity contribution is 5.75. The second-order valence-corrected chi connectivity index (χ2v) is 5.58. The Hall–Kier alpha value is -1.43. The summed E-state index contributed by atoms with van der Waals surface area (Å²) in [6, 6.07) is 0. The summed E-state index contributed by atoms with van der Waals surface area (Å²) in [6.45, 7) is 18.7. The van der Waals surface area contributed by atoms with Crippen LogP contribution in [0.5, 0.6) is 0 Å². The molecule has 0 fully saturated rings. The van der Waals surface area contributed by atoms with E-state index in [9.17, 15) is 4.79 Å². The molecule has 3 atom stereocenters. The van der Waals surface area contributed by atoms with Gasteiger partial charge in [0.1, 0.15) is 5.92 Å². The quantitative estimate of drug-likeness (QED) is 0.238. The number of carbonyl (C=O) groups is 1. The van der Waals surface area contributed by atoms with E-state index in [2.05, 4.69) is 19.7 Å².